The van der Waals surface area contributed by atoms with Crippen molar-refractivity contribution in [1.29, 1.82) is 0 Å². The van der Waals surface area contributed by atoms with Crippen LogP contribution in [0, 0.1) is 6.92 Å². The Morgan fingerprint density at radius 3 is 2.30 bits per heavy atom. The molecule has 0 heterocycles. The van der Waals surface area contributed by atoms with Crippen molar-refractivity contribution in [2.75, 3.05) is 24.2 Å². The Balaban J connectivity index is 2.25. The molecule has 2 rings (SSSR count). The Bertz CT molecular complexity index is 1170. The van der Waals surface area contributed by atoms with Crippen molar-refractivity contribution in [3.05, 3.63) is 58.6 Å². The molecule has 0 aliphatic rings. The summed E-state index contributed by atoms with van der Waals surface area (Å²) in [5.74, 6) is 0.257. The average molecular weight is 552 g/mol. The van der Waals surface area contributed by atoms with Gasteiger partial charge in [-0.25, -0.2) is 8.42 Å². The van der Waals surface area contributed by atoms with E-state index in [0.29, 0.717) is 22.9 Å². The quantitative estimate of drug-likeness (QED) is 0.394. The number of nitrogens with zero attached hydrogens (tertiary/aromatic N) is 2. The number of anilines is 1. The average Bonchev–Trinajstić information content (AvgIpc) is 2.82. The number of carbonyl (C=O) groups excluding carboxylic acids is 2. The van der Waals surface area contributed by atoms with Crippen molar-refractivity contribution in [3.63, 3.8) is 0 Å². The Kier molecular flexibility index (Phi) is 11.3. The first-order valence-corrected chi connectivity index (χ1v) is 14.6. The second kappa shape index (κ2) is 13.7. The molecule has 1 atom stereocenters. The molecule has 0 aromatic heterocycles. The van der Waals surface area contributed by atoms with Gasteiger partial charge in [-0.2, -0.15) is 0 Å². The number of ether oxygens (including phenoxy) is 1. The van der Waals surface area contributed by atoms with Crippen LogP contribution < -0.4 is 14.4 Å². The summed E-state index contributed by atoms with van der Waals surface area (Å²) in [5.41, 5.74) is 2.11. The van der Waals surface area contributed by atoms with Gasteiger partial charge in [-0.15, -0.1) is 0 Å². The molecule has 0 bridgehead atoms. The molecule has 0 aliphatic heterocycles. The first-order chi connectivity index (χ1) is 17.4. The zero-order chi connectivity index (χ0) is 27.8. The Hall–Kier alpha value is -2.78. The molecule has 0 radical (unpaired) electrons. The van der Waals surface area contributed by atoms with Crippen LogP contribution in [0.4, 0.5) is 5.69 Å². The topological polar surface area (TPSA) is 96.0 Å². The van der Waals surface area contributed by atoms with Crippen molar-refractivity contribution >= 4 is 39.1 Å². The van der Waals surface area contributed by atoms with E-state index in [4.69, 9.17) is 16.3 Å². The largest absolute Gasteiger partial charge is 0.497 e. The smallest absolute Gasteiger partial charge is 0.243 e. The van der Waals surface area contributed by atoms with Crippen LogP contribution in [0.3, 0.4) is 0 Å². The van der Waals surface area contributed by atoms with Crippen LogP contribution in [-0.2, 0) is 26.2 Å². The number of aryl methyl sites for hydroxylation is 1. The molecule has 2 amide bonds. The summed E-state index contributed by atoms with van der Waals surface area (Å²) in [5, 5.41) is 3.34. The summed E-state index contributed by atoms with van der Waals surface area (Å²) in [4.78, 5) is 28.0. The zero-order valence-electron chi connectivity index (χ0n) is 22.5. The number of hydrogen-bond acceptors (Lipinski definition) is 5. The monoisotopic (exact) mass is 551 g/mol. The van der Waals surface area contributed by atoms with Gasteiger partial charge in [0.1, 0.15) is 11.8 Å². The molecule has 0 spiro atoms. The summed E-state index contributed by atoms with van der Waals surface area (Å²) in [6.45, 7) is 7.78. The van der Waals surface area contributed by atoms with Gasteiger partial charge >= 0.3 is 0 Å². The lowest BCUT2D eigenvalue weighted by Crippen LogP contribution is -2.50. The number of amides is 2. The van der Waals surface area contributed by atoms with Crippen molar-refractivity contribution in [2.45, 2.75) is 65.6 Å². The van der Waals surface area contributed by atoms with Crippen molar-refractivity contribution in [3.8, 4) is 5.75 Å². The second-order valence-corrected chi connectivity index (χ2v) is 11.7. The highest BCUT2D eigenvalue weighted by Crippen LogP contribution is 2.27. The SMILES string of the molecule is CCC(C(=O)NC(C)C)N(Cc1ccc(OC)cc1)C(=O)CCCN(c1cc(Cl)ccc1C)S(C)(=O)=O. The molecular formula is C27H38ClN3O5S. The van der Waals surface area contributed by atoms with Gasteiger partial charge in [0.15, 0.2) is 0 Å². The number of hydrogen-bond donors (Lipinski definition) is 1. The number of methoxy groups -OCH3 is 1. The molecule has 2 aromatic rings. The summed E-state index contributed by atoms with van der Waals surface area (Å²) in [7, 11) is -2.02. The van der Waals surface area contributed by atoms with E-state index in [1.54, 1.807) is 30.2 Å². The highest BCUT2D eigenvalue weighted by atomic mass is 35.5. The first-order valence-electron chi connectivity index (χ1n) is 12.3. The lowest BCUT2D eigenvalue weighted by Gasteiger charge is -2.31. The molecule has 1 unspecified atom stereocenters. The third-order valence-electron chi connectivity index (χ3n) is 5.92. The van der Waals surface area contributed by atoms with Gasteiger partial charge in [-0.1, -0.05) is 36.7 Å². The summed E-state index contributed by atoms with van der Waals surface area (Å²) < 4.78 is 31.6. The highest BCUT2D eigenvalue weighted by molar-refractivity contribution is 7.92. The number of halogens is 1. The molecule has 10 heteroatoms. The second-order valence-electron chi connectivity index (χ2n) is 9.33. The van der Waals surface area contributed by atoms with Gasteiger partial charge in [-0.3, -0.25) is 13.9 Å². The summed E-state index contributed by atoms with van der Waals surface area (Å²) in [6.07, 6.45) is 1.93. The predicted molar refractivity (Wildman–Crippen MR) is 149 cm³/mol. The van der Waals surface area contributed by atoms with Crippen LogP contribution in [0.25, 0.3) is 0 Å². The van der Waals surface area contributed by atoms with Crippen LogP contribution >= 0.6 is 11.6 Å². The van der Waals surface area contributed by atoms with E-state index in [-0.39, 0.29) is 43.8 Å². The molecule has 37 heavy (non-hydrogen) atoms. The molecule has 2 aromatic carbocycles. The minimum Gasteiger partial charge on any atom is -0.497 e. The summed E-state index contributed by atoms with van der Waals surface area (Å²) in [6, 6.07) is 11.7. The van der Waals surface area contributed by atoms with E-state index in [9.17, 15) is 18.0 Å². The van der Waals surface area contributed by atoms with E-state index >= 15 is 0 Å². The normalized spacial score (nSPS) is 12.2. The van der Waals surface area contributed by atoms with E-state index in [2.05, 4.69) is 5.32 Å². The van der Waals surface area contributed by atoms with Gasteiger partial charge in [0.2, 0.25) is 21.8 Å². The highest BCUT2D eigenvalue weighted by Gasteiger charge is 2.29. The van der Waals surface area contributed by atoms with Gasteiger partial charge in [-0.05, 0) is 69.0 Å². The lowest BCUT2D eigenvalue weighted by atomic mass is 10.1. The molecule has 0 fully saturated rings. The van der Waals surface area contributed by atoms with E-state index in [1.807, 2.05) is 52.0 Å². The molecular weight excluding hydrogens is 514 g/mol. The molecule has 0 saturated heterocycles. The predicted octanol–water partition coefficient (Wildman–Crippen LogP) is 4.54. The maximum Gasteiger partial charge on any atom is 0.243 e. The number of carbonyl (C=O) groups is 2. The molecule has 1 N–H and O–H groups in total. The fraction of sp³-hybridized carbons (Fsp3) is 0.481. The van der Waals surface area contributed by atoms with E-state index in [1.165, 1.54) is 4.31 Å². The summed E-state index contributed by atoms with van der Waals surface area (Å²) >= 11 is 6.12. The van der Waals surface area contributed by atoms with Gasteiger partial charge in [0.25, 0.3) is 0 Å². The minimum atomic E-state index is -3.60. The molecule has 0 saturated carbocycles. The molecule has 204 valence electrons. The van der Waals surface area contributed by atoms with Crippen LogP contribution in [0.5, 0.6) is 5.75 Å². The standard InChI is InChI=1S/C27H38ClN3O5S/c1-7-24(27(33)29-19(2)3)30(18-21-11-14-23(36-5)15-12-21)26(32)9-8-16-31(37(6,34)35)25-17-22(28)13-10-20(25)4/h10-15,17,19,24H,7-9,16,18H2,1-6H3,(H,29,33). The van der Waals surface area contributed by atoms with E-state index in [0.717, 1.165) is 17.4 Å². The maximum absolute atomic E-state index is 13.5. The fourth-order valence-electron chi connectivity index (χ4n) is 4.06. The zero-order valence-corrected chi connectivity index (χ0v) is 24.0. The van der Waals surface area contributed by atoms with Crippen molar-refractivity contribution in [2.24, 2.45) is 0 Å². The Labute approximate surface area is 226 Å². The van der Waals surface area contributed by atoms with E-state index < -0.39 is 16.1 Å². The van der Waals surface area contributed by atoms with Crippen LogP contribution in [0.1, 0.15) is 51.2 Å². The van der Waals surface area contributed by atoms with Crippen LogP contribution in [0.15, 0.2) is 42.5 Å². The van der Waals surface area contributed by atoms with Gasteiger partial charge < -0.3 is 15.0 Å². The minimum absolute atomic E-state index is 0.0660. The third kappa shape index (κ3) is 8.93. The molecule has 8 nitrogen and oxygen atoms in total. The Morgan fingerprint density at radius 2 is 1.76 bits per heavy atom. The first kappa shape index (κ1) is 30.4. The molecule has 0 aliphatic carbocycles. The number of sulfonamides is 1. The third-order valence-corrected chi connectivity index (χ3v) is 7.34. The van der Waals surface area contributed by atoms with Gasteiger partial charge in [0, 0.05) is 30.6 Å². The van der Waals surface area contributed by atoms with Crippen molar-refractivity contribution in [1.82, 2.24) is 10.2 Å². The number of benzene rings is 2. The maximum atomic E-state index is 13.5. The number of nitrogens with one attached hydrogen (secondary N) is 1. The van der Waals surface area contributed by atoms with Gasteiger partial charge in [0.05, 0.1) is 19.1 Å². The van der Waals surface area contributed by atoms with Crippen LogP contribution in [0.2, 0.25) is 5.02 Å². The van der Waals surface area contributed by atoms with Crippen molar-refractivity contribution < 1.29 is 22.7 Å². The van der Waals surface area contributed by atoms with Crippen LogP contribution in [-0.4, -0.2) is 57.1 Å². The lowest BCUT2D eigenvalue weighted by molar-refractivity contribution is -0.141. The Morgan fingerprint density at radius 1 is 1.11 bits per heavy atom. The fourth-order valence-corrected chi connectivity index (χ4v) is 5.24. The number of rotatable bonds is 13.